The van der Waals surface area contributed by atoms with Gasteiger partial charge in [-0.15, -0.1) is 0 Å². The minimum atomic E-state index is -0.181. The normalized spacial score (nSPS) is 28.0. The van der Waals surface area contributed by atoms with E-state index in [2.05, 4.69) is 26.0 Å². The molecular formula is C14H20O2. The lowest BCUT2D eigenvalue weighted by atomic mass is 9.76. The maximum atomic E-state index is 9.96. The molecule has 0 bridgehead atoms. The lowest BCUT2D eigenvalue weighted by Gasteiger charge is -2.30. The Balaban J connectivity index is 2.24. The van der Waals surface area contributed by atoms with Crippen molar-refractivity contribution in [1.82, 2.24) is 0 Å². The van der Waals surface area contributed by atoms with Crippen molar-refractivity contribution in [2.75, 3.05) is 7.11 Å². The summed E-state index contributed by atoms with van der Waals surface area (Å²) in [4.78, 5) is 0. The molecule has 0 aromatic heterocycles. The van der Waals surface area contributed by atoms with E-state index in [0.29, 0.717) is 5.92 Å². The number of hydrogen-bond donors (Lipinski definition) is 1. The monoisotopic (exact) mass is 220 g/mol. The Morgan fingerprint density at radius 3 is 2.25 bits per heavy atom. The Morgan fingerprint density at radius 1 is 1.19 bits per heavy atom. The molecule has 1 aromatic rings. The molecule has 1 aromatic carbocycles. The van der Waals surface area contributed by atoms with Crippen molar-refractivity contribution in [1.29, 1.82) is 0 Å². The second-order valence-electron chi connectivity index (χ2n) is 5.24. The zero-order valence-electron chi connectivity index (χ0n) is 10.2. The summed E-state index contributed by atoms with van der Waals surface area (Å²) in [5.41, 5.74) is 1.29. The second kappa shape index (κ2) is 4.10. The van der Waals surface area contributed by atoms with Crippen LogP contribution < -0.4 is 4.74 Å². The van der Waals surface area contributed by atoms with Crippen LogP contribution >= 0.6 is 0 Å². The van der Waals surface area contributed by atoms with Gasteiger partial charge in [0.15, 0.2) is 0 Å². The molecule has 1 fully saturated rings. The van der Waals surface area contributed by atoms with E-state index in [1.807, 2.05) is 12.1 Å². The van der Waals surface area contributed by atoms with E-state index in [-0.39, 0.29) is 11.5 Å². The molecule has 2 unspecified atom stereocenters. The van der Waals surface area contributed by atoms with Crippen LogP contribution in [-0.4, -0.2) is 18.3 Å². The number of methoxy groups -OCH3 is 1. The van der Waals surface area contributed by atoms with Crippen LogP contribution in [0.4, 0.5) is 0 Å². The summed E-state index contributed by atoms with van der Waals surface area (Å²) in [7, 11) is 1.68. The summed E-state index contributed by atoms with van der Waals surface area (Å²) < 4.78 is 5.16. The van der Waals surface area contributed by atoms with Gasteiger partial charge in [-0.3, -0.25) is 0 Å². The lowest BCUT2D eigenvalue weighted by Crippen LogP contribution is -2.27. The van der Waals surface area contributed by atoms with Gasteiger partial charge < -0.3 is 9.84 Å². The third kappa shape index (κ3) is 1.82. The fourth-order valence-electron chi connectivity index (χ4n) is 2.73. The van der Waals surface area contributed by atoms with Crippen LogP contribution in [0.3, 0.4) is 0 Å². The van der Waals surface area contributed by atoms with Crippen molar-refractivity contribution in [2.45, 2.75) is 38.7 Å². The van der Waals surface area contributed by atoms with Gasteiger partial charge in [-0.1, -0.05) is 26.0 Å². The molecule has 2 rings (SSSR count). The number of aliphatic hydroxyl groups is 1. The summed E-state index contributed by atoms with van der Waals surface area (Å²) >= 11 is 0. The van der Waals surface area contributed by atoms with Gasteiger partial charge >= 0.3 is 0 Å². The fraction of sp³-hybridized carbons (Fsp3) is 0.571. The molecule has 2 nitrogen and oxygen atoms in total. The third-order valence-electron chi connectivity index (χ3n) is 4.00. The van der Waals surface area contributed by atoms with E-state index >= 15 is 0 Å². The molecule has 1 N–H and O–H groups in total. The highest BCUT2D eigenvalue weighted by molar-refractivity contribution is 5.31. The Bertz CT molecular complexity index is 354. The van der Waals surface area contributed by atoms with Crippen LogP contribution in [0.2, 0.25) is 0 Å². The van der Waals surface area contributed by atoms with Crippen molar-refractivity contribution in [3.05, 3.63) is 29.8 Å². The molecule has 0 saturated heterocycles. The zero-order valence-corrected chi connectivity index (χ0v) is 10.2. The number of aliphatic hydroxyl groups excluding tert-OH is 1. The van der Waals surface area contributed by atoms with Crippen molar-refractivity contribution >= 4 is 0 Å². The Morgan fingerprint density at radius 2 is 1.81 bits per heavy atom. The van der Waals surface area contributed by atoms with E-state index in [1.54, 1.807) is 7.11 Å². The maximum absolute atomic E-state index is 9.96. The van der Waals surface area contributed by atoms with Crippen molar-refractivity contribution in [3.8, 4) is 5.75 Å². The SMILES string of the molecule is COc1ccc(C2CCC(O)C2(C)C)cc1. The second-order valence-corrected chi connectivity index (χ2v) is 5.24. The highest BCUT2D eigenvalue weighted by Crippen LogP contribution is 2.48. The van der Waals surface area contributed by atoms with Crippen molar-refractivity contribution < 1.29 is 9.84 Å². The minimum Gasteiger partial charge on any atom is -0.497 e. The molecule has 1 aliphatic rings. The predicted octanol–water partition coefficient (Wildman–Crippen LogP) is 2.96. The van der Waals surface area contributed by atoms with E-state index in [0.717, 1.165) is 18.6 Å². The number of rotatable bonds is 2. The molecule has 1 saturated carbocycles. The highest BCUT2D eigenvalue weighted by atomic mass is 16.5. The highest BCUT2D eigenvalue weighted by Gasteiger charge is 2.42. The van der Waals surface area contributed by atoms with E-state index in [1.165, 1.54) is 5.56 Å². The third-order valence-corrected chi connectivity index (χ3v) is 4.00. The quantitative estimate of drug-likeness (QED) is 0.830. The Labute approximate surface area is 97.3 Å². The van der Waals surface area contributed by atoms with Crippen LogP contribution in [0, 0.1) is 5.41 Å². The molecule has 88 valence electrons. The number of benzene rings is 1. The van der Waals surface area contributed by atoms with Crippen LogP contribution in [0.1, 0.15) is 38.2 Å². The van der Waals surface area contributed by atoms with Crippen LogP contribution in [0.25, 0.3) is 0 Å². The number of hydrogen-bond acceptors (Lipinski definition) is 2. The molecule has 0 spiro atoms. The van der Waals surface area contributed by atoms with Crippen LogP contribution in [0.5, 0.6) is 5.75 Å². The smallest absolute Gasteiger partial charge is 0.118 e. The summed E-state index contributed by atoms with van der Waals surface area (Å²) in [6, 6.07) is 8.22. The molecule has 16 heavy (non-hydrogen) atoms. The minimum absolute atomic E-state index is 0.0193. The first-order valence-electron chi connectivity index (χ1n) is 5.87. The lowest BCUT2D eigenvalue weighted by molar-refractivity contribution is 0.0706. The van der Waals surface area contributed by atoms with Gasteiger partial charge in [0.25, 0.3) is 0 Å². The molecule has 2 heteroatoms. The van der Waals surface area contributed by atoms with Gasteiger partial charge in [0.05, 0.1) is 13.2 Å². The largest absolute Gasteiger partial charge is 0.497 e. The molecule has 0 radical (unpaired) electrons. The first-order valence-corrected chi connectivity index (χ1v) is 5.87. The standard InChI is InChI=1S/C14H20O2/c1-14(2)12(8-9-13(14)15)10-4-6-11(16-3)7-5-10/h4-7,12-13,15H,8-9H2,1-3H3. The molecule has 0 aliphatic heterocycles. The van der Waals surface area contributed by atoms with Gasteiger partial charge in [0.1, 0.15) is 5.75 Å². The average molecular weight is 220 g/mol. The van der Waals surface area contributed by atoms with E-state index in [4.69, 9.17) is 4.74 Å². The first-order chi connectivity index (χ1) is 7.55. The molecule has 0 amide bonds. The van der Waals surface area contributed by atoms with Gasteiger partial charge in [-0.05, 0) is 41.9 Å². The van der Waals surface area contributed by atoms with Crippen molar-refractivity contribution in [2.24, 2.45) is 5.41 Å². The fourth-order valence-corrected chi connectivity index (χ4v) is 2.73. The zero-order chi connectivity index (χ0) is 11.8. The predicted molar refractivity (Wildman–Crippen MR) is 64.8 cm³/mol. The maximum Gasteiger partial charge on any atom is 0.118 e. The number of ether oxygens (including phenoxy) is 1. The molecule has 0 heterocycles. The van der Waals surface area contributed by atoms with Gasteiger partial charge in [0, 0.05) is 0 Å². The first kappa shape index (κ1) is 11.5. The molecule has 1 aliphatic carbocycles. The van der Waals surface area contributed by atoms with E-state index < -0.39 is 0 Å². The average Bonchev–Trinajstić information content (AvgIpc) is 2.54. The van der Waals surface area contributed by atoms with Crippen LogP contribution in [-0.2, 0) is 0 Å². The summed E-state index contributed by atoms with van der Waals surface area (Å²) in [6.45, 7) is 4.30. The van der Waals surface area contributed by atoms with Crippen molar-refractivity contribution in [3.63, 3.8) is 0 Å². The Kier molecular flexibility index (Phi) is 2.94. The summed E-state index contributed by atoms with van der Waals surface area (Å²) in [5, 5.41) is 9.96. The molecule has 2 atom stereocenters. The van der Waals surface area contributed by atoms with Gasteiger partial charge in [-0.25, -0.2) is 0 Å². The van der Waals surface area contributed by atoms with Gasteiger partial charge in [0.2, 0.25) is 0 Å². The van der Waals surface area contributed by atoms with Crippen LogP contribution in [0.15, 0.2) is 24.3 Å². The molecular weight excluding hydrogens is 200 g/mol. The summed E-state index contributed by atoms with van der Waals surface area (Å²) in [5.74, 6) is 1.34. The van der Waals surface area contributed by atoms with Gasteiger partial charge in [-0.2, -0.15) is 0 Å². The Hall–Kier alpha value is -1.02. The summed E-state index contributed by atoms with van der Waals surface area (Å²) in [6.07, 6.45) is 1.80. The van der Waals surface area contributed by atoms with E-state index in [9.17, 15) is 5.11 Å². The topological polar surface area (TPSA) is 29.5 Å².